The largest absolute Gasteiger partial charge is 0.365 e. The van der Waals surface area contributed by atoms with Crippen molar-refractivity contribution in [3.05, 3.63) is 40.2 Å². The van der Waals surface area contributed by atoms with Crippen LogP contribution in [0.3, 0.4) is 0 Å². The Morgan fingerprint density at radius 3 is 2.53 bits per heavy atom. The maximum Gasteiger partial charge on any atom is 0.267 e. The second-order valence-electron chi connectivity index (χ2n) is 8.46. The summed E-state index contributed by atoms with van der Waals surface area (Å²) in [7, 11) is 0.652. The van der Waals surface area contributed by atoms with E-state index in [1.165, 1.54) is 18.6 Å². The molecule has 1 aliphatic rings. The lowest BCUT2D eigenvalue weighted by atomic mass is 9.80. The van der Waals surface area contributed by atoms with Gasteiger partial charge in [0.25, 0.3) is 11.5 Å². The second kappa shape index (κ2) is 9.29. The van der Waals surface area contributed by atoms with E-state index in [4.69, 9.17) is 5.73 Å². The molecule has 0 saturated heterocycles. The van der Waals surface area contributed by atoms with Crippen LogP contribution < -0.4 is 21.9 Å². The first-order valence-corrected chi connectivity index (χ1v) is 12.3. The lowest BCUT2D eigenvalue weighted by Crippen LogP contribution is -2.51. The average Bonchev–Trinajstić information content (AvgIpc) is 2.72. The van der Waals surface area contributed by atoms with E-state index >= 15 is 0 Å². The van der Waals surface area contributed by atoms with Crippen molar-refractivity contribution in [2.45, 2.75) is 42.5 Å². The van der Waals surface area contributed by atoms with E-state index in [1.54, 1.807) is 12.1 Å². The molecule has 0 spiro atoms. The fourth-order valence-electron chi connectivity index (χ4n) is 4.06. The highest BCUT2D eigenvalue weighted by Gasteiger charge is 2.34. The molecular formula is C21H30N6O4S. The van der Waals surface area contributed by atoms with Gasteiger partial charge >= 0.3 is 0 Å². The predicted molar refractivity (Wildman–Crippen MR) is 124 cm³/mol. The Morgan fingerprint density at radius 1 is 1.25 bits per heavy atom. The van der Waals surface area contributed by atoms with Crippen LogP contribution in [0, 0.1) is 0 Å². The fraction of sp³-hybridized carbons (Fsp3) is 0.476. The number of nitrogens with zero attached hydrogens (tertiary/aromatic N) is 2. The number of hydrogen-bond donors (Lipinski definition) is 4. The second-order valence-corrected chi connectivity index (χ2v) is 10.5. The first-order valence-electron chi connectivity index (χ1n) is 10.4. The Hall–Kier alpha value is -2.92. The number of nitrogens with two attached hydrogens (primary N) is 1. The van der Waals surface area contributed by atoms with Gasteiger partial charge in [-0.2, -0.15) is 4.98 Å². The molecule has 10 nitrogen and oxygen atoms in total. The van der Waals surface area contributed by atoms with Gasteiger partial charge in [0.15, 0.2) is 15.7 Å². The van der Waals surface area contributed by atoms with E-state index in [2.05, 4.69) is 25.5 Å². The van der Waals surface area contributed by atoms with Gasteiger partial charge in [-0.1, -0.05) is 25.3 Å². The van der Waals surface area contributed by atoms with Gasteiger partial charge < -0.3 is 21.3 Å². The van der Waals surface area contributed by atoms with Gasteiger partial charge in [0.2, 0.25) is 5.95 Å². The van der Waals surface area contributed by atoms with Gasteiger partial charge in [0.1, 0.15) is 5.56 Å². The van der Waals surface area contributed by atoms with Gasteiger partial charge in [-0.3, -0.25) is 14.6 Å². The molecule has 1 aliphatic carbocycles. The SMILES string of the molecule is CN(C)C1(CNc2nc(Nc3cccc(S(C)(=O)=O)c3)c(C(N)=O)c(=O)[nH]2)CCCCC1. The summed E-state index contributed by atoms with van der Waals surface area (Å²) in [6, 6.07) is 6.02. The minimum atomic E-state index is -3.43. The fourth-order valence-corrected chi connectivity index (χ4v) is 4.72. The highest BCUT2D eigenvalue weighted by atomic mass is 32.2. The number of hydrogen-bond acceptors (Lipinski definition) is 8. The molecular weight excluding hydrogens is 432 g/mol. The number of carbonyl (C=O) groups excluding carboxylic acids is 1. The molecule has 1 amide bonds. The maximum atomic E-state index is 12.6. The van der Waals surface area contributed by atoms with Crippen LogP contribution in [-0.2, 0) is 9.84 Å². The highest BCUT2D eigenvalue weighted by Crippen LogP contribution is 2.32. The predicted octanol–water partition coefficient (Wildman–Crippen LogP) is 1.69. The van der Waals surface area contributed by atoms with Gasteiger partial charge in [0, 0.05) is 24.0 Å². The smallest absolute Gasteiger partial charge is 0.267 e. The van der Waals surface area contributed by atoms with E-state index in [-0.39, 0.29) is 27.8 Å². The molecule has 0 bridgehead atoms. The Balaban J connectivity index is 1.93. The van der Waals surface area contributed by atoms with Gasteiger partial charge in [-0.05, 0) is 45.1 Å². The number of likely N-dealkylation sites (N-methyl/N-ethyl adjacent to an activating group) is 1. The lowest BCUT2D eigenvalue weighted by molar-refractivity contribution is 0.0999. The van der Waals surface area contributed by atoms with Crippen LogP contribution in [0.1, 0.15) is 42.5 Å². The number of primary amides is 1. The molecule has 2 aromatic rings. The van der Waals surface area contributed by atoms with Crippen molar-refractivity contribution in [1.29, 1.82) is 0 Å². The molecule has 3 rings (SSSR count). The number of sulfone groups is 1. The first-order chi connectivity index (χ1) is 15.0. The molecule has 1 heterocycles. The van der Waals surface area contributed by atoms with Crippen LogP contribution in [0.15, 0.2) is 34.0 Å². The van der Waals surface area contributed by atoms with Gasteiger partial charge in [-0.25, -0.2) is 8.42 Å². The molecule has 1 fully saturated rings. The van der Waals surface area contributed by atoms with Crippen molar-refractivity contribution in [3.8, 4) is 0 Å². The molecule has 1 aromatic carbocycles. The van der Waals surface area contributed by atoms with Crippen molar-refractivity contribution in [2.75, 3.05) is 37.5 Å². The Labute approximate surface area is 187 Å². The highest BCUT2D eigenvalue weighted by molar-refractivity contribution is 7.90. The summed E-state index contributed by atoms with van der Waals surface area (Å²) in [5.74, 6) is -0.783. The number of amides is 1. The Morgan fingerprint density at radius 2 is 1.94 bits per heavy atom. The Kier molecular flexibility index (Phi) is 6.89. The number of aromatic nitrogens is 2. The third-order valence-electron chi connectivity index (χ3n) is 6.01. The van der Waals surface area contributed by atoms with Crippen molar-refractivity contribution in [2.24, 2.45) is 5.73 Å². The number of aromatic amines is 1. The summed E-state index contributed by atoms with van der Waals surface area (Å²) in [5.41, 5.74) is 4.69. The zero-order valence-electron chi connectivity index (χ0n) is 18.6. The van der Waals surface area contributed by atoms with E-state index in [0.29, 0.717) is 12.2 Å². The van der Waals surface area contributed by atoms with E-state index < -0.39 is 21.3 Å². The zero-order valence-corrected chi connectivity index (χ0v) is 19.4. The molecule has 0 unspecified atom stereocenters. The normalized spacial score (nSPS) is 16.0. The summed E-state index contributed by atoms with van der Waals surface area (Å²) in [4.78, 5) is 33.8. The molecule has 1 aromatic heterocycles. The molecule has 0 atom stereocenters. The van der Waals surface area contributed by atoms with Crippen LogP contribution in [0.25, 0.3) is 0 Å². The van der Waals surface area contributed by atoms with Crippen LogP contribution in [0.4, 0.5) is 17.5 Å². The topological polar surface area (TPSA) is 150 Å². The third-order valence-corrected chi connectivity index (χ3v) is 7.12. The summed E-state index contributed by atoms with van der Waals surface area (Å²) >= 11 is 0. The molecule has 1 saturated carbocycles. The Bertz CT molecular complexity index is 1150. The number of anilines is 3. The van der Waals surface area contributed by atoms with E-state index in [9.17, 15) is 18.0 Å². The minimum absolute atomic E-state index is 0.0445. The van der Waals surface area contributed by atoms with E-state index in [1.807, 2.05) is 14.1 Å². The summed E-state index contributed by atoms with van der Waals surface area (Å²) in [6.07, 6.45) is 6.63. The van der Waals surface area contributed by atoms with Crippen LogP contribution >= 0.6 is 0 Å². The summed E-state index contributed by atoms with van der Waals surface area (Å²) < 4.78 is 23.7. The van der Waals surface area contributed by atoms with Crippen molar-refractivity contribution in [1.82, 2.24) is 14.9 Å². The lowest BCUT2D eigenvalue weighted by Gasteiger charge is -2.43. The first kappa shape index (κ1) is 23.7. The maximum absolute atomic E-state index is 12.6. The van der Waals surface area contributed by atoms with Crippen molar-refractivity contribution >= 4 is 33.2 Å². The molecule has 0 aliphatic heterocycles. The van der Waals surface area contributed by atoms with Crippen LogP contribution in [-0.4, -0.2) is 61.6 Å². The number of rotatable bonds is 8. The number of H-pyrrole nitrogens is 1. The van der Waals surface area contributed by atoms with Crippen LogP contribution in [0.5, 0.6) is 0 Å². The quantitative estimate of drug-likeness (QED) is 0.463. The van der Waals surface area contributed by atoms with Gasteiger partial charge in [0.05, 0.1) is 4.90 Å². The molecule has 174 valence electrons. The van der Waals surface area contributed by atoms with Crippen molar-refractivity contribution < 1.29 is 13.2 Å². The number of carbonyl (C=O) groups is 1. The standard InChI is InChI=1S/C21H30N6O4S/c1-27(2)21(10-5-4-6-11-21)13-23-20-25-18(16(17(22)28)19(29)26-20)24-14-8-7-9-15(12-14)32(3,30)31/h7-9,12H,4-6,10-11,13H2,1-3H3,(H2,22,28)(H3,23,24,25,26,29). The van der Waals surface area contributed by atoms with E-state index in [0.717, 1.165) is 31.9 Å². The third kappa shape index (κ3) is 5.28. The minimum Gasteiger partial charge on any atom is -0.365 e. The summed E-state index contributed by atoms with van der Waals surface area (Å²) in [5, 5.41) is 6.08. The molecule has 11 heteroatoms. The monoisotopic (exact) mass is 462 g/mol. The number of nitrogens with one attached hydrogen (secondary N) is 3. The van der Waals surface area contributed by atoms with Crippen LogP contribution in [0.2, 0.25) is 0 Å². The molecule has 32 heavy (non-hydrogen) atoms. The molecule has 0 radical (unpaired) electrons. The summed E-state index contributed by atoms with van der Waals surface area (Å²) in [6.45, 7) is 0.571. The molecule has 5 N–H and O–H groups in total. The van der Waals surface area contributed by atoms with Gasteiger partial charge in [-0.15, -0.1) is 0 Å². The van der Waals surface area contributed by atoms with Crippen molar-refractivity contribution in [3.63, 3.8) is 0 Å². The zero-order chi connectivity index (χ0) is 23.5. The number of benzene rings is 1. The average molecular weight is 463 g/mol.